The van der Waals surface area contributed by atoms with Gasteiger partial charge in [-0.3, -0.25) is 4.79 Å². The minimum Gasteiger partial charge on any atom is -0.382 e. The quantitative estimate of drug-likeness (QED) is 0.727. The average Bonchev–Trinajstić information content (AvgIpc) is 2.27. The number of hydrogen-bond donors (Lipinski definition) is 1. The van der Waals surface area contributed by atoms with Gasteiger partial charge in [-0.1, -0.05) is 0 Å². The smallest absolute Gasteiger partial charge is 0.190 e. The second kappa shape index (κ2) is 4.25. The summed E-state index contributed by atoms with van der Waals surface area (Å²) in [4.78, 5) is 11.8. The maximum atomic E-state index is 11.8. The van der Waals surface area contributed by atoms with Gasteiger partial charge in [-0.05, 0) is 27.7 Å². The molecule has 0 aliphatic carbocycles. The van der Waals surface area contributed by atoms with E-state index in [1.807, 2.05) is 0 Å². The normalized spacial score (nSPS) is 34.3. The Balaban J connectivity index is 2.12. The number of Topliss-reactive ketones (excluding diaryl/α,β-unsaturated/α-hetero) is 1. The van der Waals surface area contributed by atoms with Crippen molar-refractivity contribution in [3.05, 3.63) is 0 Å². The SMILES string of the molecule is CC1(C)OCC(O)([C@@H]2OC(C)(C)OCC2=O)CO1. The molecule has 1 atom stereocenters. The van der Waals surface area contributed by atoms with Crippen LogP contribution in [0.25, 0.3) is 0 Å². The van der Waals surface area contributed by atoms with Gasteiger partial charge in [0.05, 0.1) is 13.2 Å². The summed E-state index contributed by atoms with van der Waals surface area (Å²) in [6.07, 6.45) is -0.989. The molecule has 2 rings (SSSR count). The summed E-state index contributed by atoms with van der Waals surface area (Å²) in [5.41, 5.74) is -1.46. The van der Waals surface area contributed by atoms with Crippen molar-refractivity contribution in [1.29, 1.82) is 0 Å². The van der Waals surface area contributed by atoms with Gasteiger partial charge in [-0.15, -0.1) is 0 Å². The van der Waals surface area contributed by atoms with Crippen molar-refractivity contribution >= 4 is 5.78 Å². The molecule has 0 aromatic rings. The van der Waals surface area contributed by atoms with Gasteiger partial charge in [0.2, 0.25) is 0 Å². The summed E-state index contributed by atoms with van der Waals surface area (Å²) in [5, 5.41) is 10.5. The summed E-state index contributed by atoms with van der Waals surface area (Å²) >= 11 is 0. The lowest BCUT2D eigenvalue weighted by atomic mass is 9.93. The monoisotopic (exact) mass is 260 g/mol. The largest absolute Gasteiger partial charge is 0.382 e. The Bertz CT molecular complexity index is 338. The Morgan fingerprint density at radius 2 is 1.61 bits per heavy atom. The van der Waals surface area contributed by atoms with E-state index in [9.17, 15) is 9.90 Å². The van der Waals surface area contributed by atoms with E-state index in [1.54, 1.807) is 27.7 Å². The number of carbonyl (C=O) groups excluding carboxylic acids is 1. The lowest BCUT2D eigenvalue weighted by Crippen LogP contribution is -2.64. The third kappa shape index (κ3) is 2.73. The second-order valence-electron chi connectivity index (χ2n) is 5.73. The Morgan fingerprint density at radius 1 is 1.06 bits per heavy atom. The van der Waals surface area contributed by atoms with Crippen molar-refractivity contribution in [2.75, 3.05) is 19.8 Å². The van der Waals surface area contributed by atoms with Crippen LogP contribution >= 0.6 is 0 Å². The third-order valence-corrected chi connectivity index (χ3v) is 3.08. The molecule has 0 amide bonds. The molecule has 0 bridgehead atoms. The number of rotatable bonds is 1. The van der Waals surface area contributed by atoms with Crippen molar-refractivity contribution in [2.45, 2.75) is 51.0 Å². The standard InChI is InChI=1S/C12H20O6/c1-10(2)16-6-12(14,7-17-10)9-8(13)5-15-11(3,4)18-9/h9,14H,5-7H2,1-4H3/t9-/m1/s1. The van der Waals surface area contributed by atoms with Gasteiger partial charge in [0.25, 0.3) is 0 Å². The predicted octanol–water partition coefficient (Wildman–Crippen LogP) is 0.221. The van der Waals surface area contributed by atoms with Gasteiger partial charge in [0.1, 0.15) is 12.2 Å². The number of carbonyl (C=O) groups is 1. The number of ether oxygens (including phenoxy) is 4. The fourth-order valence-electron chi connectivity index (χ4n) is 1.95. The Kier molecular flexibility index (Phi) is 3.28. The van der Waals surface area contributed by atoms with Crippen molar-refractivity contribution in [3.8, 4) is 0 Å². The Labute approximate surface area is 106 Å². The van der Waals surface area contributed by atoms with Crippen LogP contribution in [0, 0.1) is 0 Å². The van der Waals surface area contributed by atoms with E-state index < -0.39 is 23.3 Å². The molecule has 1 N–H and O–H groups in total. The van der Waals surface area contributed by atoms with Crippen LogP contribution in [-0.2, 0) is 23.7 Å². The highest BCUT2D eigenvalue weighted by Gasteiger charge is 2.52. The first kappa shape index (κ1) is 13.9. The zero-order chi connectivity index (χ0) is 13.6. The van der Waals surface area contributed by atoms with E-state index in [0.717, 1.165) is 0 Å². The summed E-state index contributed by atoms with van der Waals surface area (Å²) in [6, 6.07) is 0. The van der Waals surface area contributed by atoms with E-state index in [1.165, 1.54) is 0 Å². The maximum absolute atomic E-state index is 11.8. The van der Waals surface area contributed by atoms with Crippen LogP contribution in [0.15, 0.2) is 0 Å². The Morgan fingerprint density at radius 3 is 2.17 bits per heavy atom. The topological polar surface area (TPSA) is 74.2 Å². The fourth-order valence-corrected chi connectivity index (χ4v) is 1.95. The van der Waals surface area contributed by atoms with E-state index in [-0.39, 0.29) is 25.6 Å². The van der Waals surface area contributed by atoms with Crippen molar-refractivity contribution in [3.63, 3.8) is 0 Å². The summed E-state index contributed by atoms with van der Waals surface area (Å²) < 4.78 is 21.5. The molecule has 0 radical (unpaired) electrons. The first-order valence-electron chi connectivity index (χ1n) is 5.98. The van der Waals surface area contributed by atoms with Gasteiger partial charge in [0.15, 0.2) is 23.5 Å². The molecule has 2 aliphatic heterocycles. The van der Waals surface area contributed by atoms with Gasteiger partial charge >= 0.3 is 0 Å². The van der Waals surface area contributed by atoms with Crippen LogP contribution in [-0.4, -0.2) is 54.0 Å². The van der Waals surface area contributed by atoms with Crippen LogP contribution in [0.2, 0.25) is 0 Å². The highest BCUT2D eigenvalue weighted by Crippen LogP contribution is 2.32. The van der Waals surface area contributed by atoms with Gasteiger partial charge in [-0.25, -0.2) is 0 Å². The molecule has 18 heavy (non-hydrogen) atoms. The first-order valence-corrected chi connectivity index (χ1v) is 5.98. The Hall–Kier alpha value is -0.530. The molecule has 0 aromatic carbocycles. The van der Waals surface area contributed by atoms with Crippen LogP contribution < -0.4 is 0 Å². The highest BCUT2D eigenvalue weighted by molar-refractivity contribution is 5.86. The highest BCUT2D eigenvalue weighted by atomic mass is 16.7. The summed E-state index contributed by atoms with van der Waals surface area (Å²) in [5.74, 6) is -1.96. The van der Waals surface area contributed by atoms with Gasteiger partial charge in [0, 0.05) is 0 Å². The second-order valence-corrected chi connectivity index (χ2v) is 5.73. The molecular weight excluding hydrogens is 240 g/mol. The molecule has 0 spiro atoms. The van der Waals surface area contributed by atoms with Crippen LogP contribution in [0.3, 0.4) is 0 Å². The molecule has 0 aromatic heterocycles. The molecule has 2 saturated heterocycles. The molecule has 2 aliphatic rings. The van der Waals surface area contributed by atoms with Crippen LogP contribution in [0.1, 0.15) is 27.7 Å². The van der Waals surface area contributed by atoms with E-state index in [2.05, 4.69) is 0 Å². The molecule has 0 saturated carbocycles. The first-order chi connectivity index (χ1) is 8.14. The molecule has 2 heterocycles. The lowest BCUT2D eigenvalue weighted by Gasteiger charge is -2.46. The van der Waals surface area contributed by atoms with Crippen LogP contribution in [0.4, 0.5) is 0 Å². The van der Waals surface area contributed by atoms with Crippen molar-refractivity contribution in [1.82, 2.24) is 0 Å². The number of ketones is 1. The average molecular weight is 260 g/mol. The molecule has 6 nitrogen and oxygen atoms in total. The summed E-state index contributed by atoms with van der Waals surface area (Å²) in [7, 11) is 0. The zero-order valence-electron chi connectivity index (χ0n) is 11.2. The number of hydrogen-bond acceptors (Lipinski definition) is 6. The van der Waals surface area contributed by atoms with Crippen molar-refractivity contribution < 1.29 is 28.8 Å². The molecule has 0 unspecified atom stereocenters. The minimum absolute atomic E-state index is 0.00745. The lowest BCUT2D eigenvalue weighted by molar-refractivity contribution is -0.344. The predicted molar refractivity (Wildman–Crippen MR) is 60.8 cm³/mol. The van der Waals surface area contributed by atoms with E-state index in [4.69, 9.17) is 18.9 Å². The fraction of sp³-hybridized carbons (Fsp3) is 0.917. The van der Waals surface area contributed by atoms with Gasteiger partial charge in [-0.2, -0.15) is 0 Å². The van der Waals surface area contributed by atoms with Gasteiger partial charge < -0.3 is 24.1 Å². The van der Waals surface area contributed by atoms with E-state index in [0.29, 0.717) is 0 Å². The van der Waals surface area contributed by atoms with Crippen LogP contribution in [0.5, 0.6) is 0 Å². The summed E-state index contributed by atoms with van der Waals surface area (Å²) in [6.45, 7) is 6.81. The molecular formula is C12H20O6. The molecule has 104 valence electrons. The zero-order valence-corrected chi connectivity index (χ0v) is 11.2. The molecule has 2 fully saturated rings. The third-order valence-electron chi connectivity index (χ3n) is 3.08. The molecule has 6 heteroatoms. The maximum Gasteiger partial charge on any atom is 0.190 e. The van der Waals surface area contributed by atoms with E-state index >= 15 is 0 Å². The van der Waals surface area contributed by atoms with Crippen molar-refractivity contribution in [2.24, 2.45) is 0 Å². The number of aliphatic hydroxyl groups is 1. The minimum atomic E-state index is -1.46.